The predicted octanol–water partition coefficient (Wildman–Crippen LogP) is 4.20. The molecule has 0 fully saturated rings. The van der Waals surface area contributed by atoms with Crippen LogP contribution in [0.4, 0.5) is 0 Å². The van der Waals surface area contributed by atoms with Crippen LogP contribution in [-0.4, -0.2) is 14.8 Å². The molecule has 0 spiro atoms. The van der Waals surface area contributed by atoms with Gasteiger partial charge in [-0.1, -0.05) is 48.0 Å². The maximum absolute atomic E-state index is 6.23. The second-order valence-corrected chi connectivity index (χ2v) is 5.12. The zero-order valence-corrected chi connectivity index (χ0v) is 12.1. The zero-order valence-electron chi connectivity index (χ0n) is 11.3. The second-order valence-electron chi connectivity index (χ2n) is 4.78. The standard InChI is InChI=1S/C16H14ClN3/c1-11-8-9-14(12(2)10-11)20-15(18-19-16(20)17)13-6-4-3-5-7-13/h3-10H,1-2H3. The summed E-state index contributed by atoms with van der Waals surface area (Å²) in [6, 6.07) is 16.2. The molecular formula is C16H14ClN3. The third kappa shape index (κ3) is 2.21. The highest BCUT2D eigenvalue weighted by Gasteiger charge is 2.15. The molecule has 3 rings (SSSR count). The maximum Gasteiger partial charge on any atom is 0.229 e. The monoisotopic (exact) mass is 283 g/mol. The lowest BCUT2D eigenvalue weighted by Crippen LogP contribution is -2.00. The van der Waals surface area contributed by atoms with E-state index < -0.39 is 0 Å². The van der Waals surface area contributed by atoms with Crippen molar-refractivity contribution in [3.8, 4) is 17.1 Å². The summed E-state index contributed by atoms with van der Waals surface area (Å²) in [5.41, 5.74) is 4.36. The quantitative estimate of drug-likeness (QED) is 0.705. The van der Waals surface area contributed by atoms with Crippen LogP contribution in [-0.2, 0) is 0 Å². The van der Waals surface area contributed by atoms with Crippen LogP contribution in [0.1, 0.15) is 11.1 Å². The molecule has 0 unspecified atom stereocenters. The van der Waals surface area contributed by atoms with Gasteiger partial charge in [0.05, 0.1) is 5.69 Å². The summed E-state index contributed by atoms with van der Waals surface area (Å²) in [6.45, 7) is 4.14. The topological polar surface area (TPSA) is 30.7 Å². The van der Waals surface area contributed by atoms with Gasteiger partial charge in [0, 0.05) is 5.56 Å². The number of benzene rings is 2. The summed E-state index contributed by atoms with van der Waals surface area (Å²) in [4.78, 5) is 0. The highest BCUT2D eigenvalue weighted by Crippen LogP contribution is 2.27. The Morgan fingerprint density at radius 2 is 1.70 bits per heavy atom. The van der Waals surface area contributed by atoms with E-state index in [1.165, 1.54) is 5.56 Å². The Bertz CT molecular complexity index is 748. The minimum absolute atomic E-state index is 0.371. The Balaban J connectivity index is 2.22. The van der Waals surface area contributed by atoms with Crippen molar-refractivity contribution < 1.29 is 0 Å². The fraction of sp³-hybridized carbons (Fsp3) is 0.125. The van der Waals surface area contributed by atoms with Gasteiger partial charge in [-0.15, -0.1) is 10.2 Å². The van der Waals surface area contributed by atoms with Gasteiger partial charge in [0.15, 0.2) is 5.82 Å². The molecule has 4 heteroatoms. The molecule has 1 aromatic heterocycles. The second kappa shape index (κ2) is 5.10. The molecule has 0 N–H and O–H groups in total. The summed E-state index contributed by atoms with van der Waals surface area (Å²) in [6.07, 6.45) is 0. The zero-order chi connectivity index (χ0) is 14.1. The highest BCUT2D eigenvalue weighted by atomic mass is 35.5. The number of hydrogen-bond donors (Lipinski definition) is 0. The molecule has 0 saturated heterocycles. The van der Waals surface area contributed by atoms with Gasteiger partial charge in [-0.3, -0.25) is 4.57 Å². The molecule has 0 saturated carbocycles. The van der Waals surface area contributed by atoms with E-state index in [4.69, 9.17) is 11.6 Å². The van der Waals surface area contributed by atoms with Crippen molar-refractivity contribution in [3.05, 3.63) is 64.9 Å². The van der Waals surface area contributed by atoms with Gasteiger partial charge in [-0.2, -0.15) is 0 Å². The van der Waals surface area contributed by atoms with Gasteiger partial charge in [0.25, 0.3) is 0 Å². The summed E-state index contributed by atoms with van der Waals surface area (Å²) in [7, 11) is 0. The first-order valence-corrected chi connectivity index (χ1v) is 6.78. The Labute approximate surface area is 122 Å². The van der Waals surface area contributed by atoms with E-state index in [2.05, 4.69) is 36.2 Å². The van der Waals surface area contributed by atoms with Gasteiger partial charge in [0.1, 0.15) is 0 Å². The van der Waals surface area contributed by atoms with Crippen molar-refractivity contribution in [2.24, 2.45) is 0 Å². The van der Waals surface area contributed by atoms with Gasteiger partial charge < -0.3 is 0 Å². The van der Waals surface area contributed by atoms with Crippen molar-refractivity contribution in [2.45, 2.75) is 13.8 Å². The first kappa shape index (κ1) is 12.9. The molecule has 0 aliphatic rings. The van der Waals surface area contributed by atoms with Crippen molar-refractivity contribution in [1.82, 2.24) is 14.8 Å². The van der Waals surface area contributed by atoms with Crippen LogP contribution in [0.25, 0.3) is 17.1 Å². The molecule has 0 atom stereocenters. The van der Waals surface area contributed by atoms with Gasteiger partial charge >= 0.3 is 0 Å². The maximum atomic E-state index is 6.23. The van der Waals surface area contributed by atoms with Crippen LogP contribution in [0, 0.1) is 13.8 Å². The summed E-state index contributed by atoms with van der Waals surface area (Å²) in [5.74, 6) is 0.752. The van der Waals surface area contributed by atoms with E-state index in [1.54, 1.807) is 0 Å². The molecule has 3 aromatic rings. The Kier molecular flexibility index (Phi) is 3.28. The van der Waals surface area contributed by atoms with Crippen LogP contribution in [0.15, 0.2) is 48.5 Å². The molecule has 1 heterocycles. The lowest BCUT2D eigenvalue weighted by molar-refractivity contribution is 1.04. The molecule has 3 nitrogen and oxygen atoms in total. The third-order valence-corrected chi connectivity index (χ3v) is 3.49. The lowest BCUT2D eigenvalue weighted by Gasteiger charge is -2.11. The van der Waals surface area contributed by atoms with E-state index >= 15 is 0 Å². The summed E-state index contributed by atoms with van der Waals surface area (Å²) >= 11 is 6.23. The molecule has 100 valence electrons. The molecule has 2 aromatic carbocycles. The van der Waals surface area contributed by atoms with E-state index in [9.17, 15) is 0 Å². The van der Waals surface area contributed by atoms with Crippen LogP contribution in [0.2, 0.25) is 5.28 Å². The van der Waals surface area contributed by atoms with Crippen molar-refractivity contribution in [3.63, 3.8) is 0 Å². The molecule has 0 radical (unpaired) electrons. The molecule has 0 bridgehead atoms. The van der Waals surface area contributed by atoms with E-state index in [0.717, 1.165) is 22.6 Å². The fourth-order valence-corrected chi connectivity index (χ4v) is 2.52. The van der Waals surface area contributed by atoms with Crippen molar-refractivity contribution in [1.29, 1.82) is 0 Å². The molecule has 20 heavy (non-hydrogen) atoms. The van der Waals surface area contributed by atoms with E-state index in [-0.39, 0.29) is 0 Å². The lowest BCUT2D eigenvalue weighted by atomic mass is 10.1. The number of rotatable bonds is 2. The Morgan fingerprint density at radius 3 is 2.40 bits per heavy atom. The Morgan fingerprint density at radius 1 is 0.950 bits per heavy atom. The smallest absolute Gasteiger partial charge is 0.229 e. The van der Waals surface area contributed by atoms with Gasteiger partial charge in [-0.05, 0) is 37.1 Å². The number of nitrogens with zero attached hydrogens (tertiary/aromatic N) is 3. The van der Waals surface area contributed by atoms with Crippen LogP contribution < -0.4 is 0 Å². The SMILES string of the molecule is Cc1ccc(-n2c(Cl)nnc2-c2ccccc2)c(C)c1. The minimum Gasteiger partial charge on any atom is -0.265 e. The summed E-state index contributed by atoms with van der Waals surface area (Å²) in [5, 5.41) is 8.59. The third-order valence-electron chi connectivity index (χ3n) is 3.25. The molecular weight excluding hydrogens is 270 g/mol. The minimum atomic E-state index is 0.371. The van der Waals surface area contributed by atoms with Crippen molar-refractivity contribution >= 4 is 11.6 Å². The normalized spacial score (nSPS) is 10.8. The summed E-state index contributed by atoms with van der Waals surface area (Å²) < 4.78 is 1.88. The van der Waals surface area contributed by atoms with Crippen LogP contribution >= 0.6 is 11.6 Å². The molecule has 0 aliphatic carbocycles. The van der Waals surface area contributed by atoms with Gasteiger partial charge in [0.2, 0.25) is 5.28 Å². The van der Waals surface area contributed by atoms with Crippen LogP contribution in [0.3, 0.4) is 0 Å². The number of aromatic nitrogens is 3. The van der Waals surface area contributed by atoms with E-state index in [0.29, 0.717) is 5.28 Å². The van der Waals surface area contributed by atoms with E-state index in [1.807, 2.05) is 41.0 Å². The van der Waals surface area contributed by atoms with Gasteiger partial charge in [-0.25, -0.2) is 0 Å². The fourth-order valence-electron chi connectivity index (χ4n) is 2.31. The number of hydrogen-bond acceptors (Lipinski definition) is 2. The first-order chi connectivity index (χ1) is 9.66. The molecule has 0 amide bonds. The molecule has 0 aliphatic heterocycles. The first-order valence-electron chi connectivity index (χ1n) is 6.41. The highest BCUT2D eigenvalue weighted by molar-refractivity contribution is 6.28. The number of aryl methyl sites for hydroxylation is 2. The number of halogens is 1. The average molecular weight is 284 g/mol. The average Bonchev–Trinajstić information content (AvgIpc) is 2.82. The largest absolute Gasteiger partial charge is 0.265 e. The Hall–Kier alpha value is -2.13. The van der Waals surface area contributed by atoms with Crippen LogP contribution in [0.5, 0.6) is 0 Å². The predicted molar refractivity (Wildman–Crippen MR) is 81.3 cm³/mol. The van der Waals surface area contributed by atoms with Crippen molar-refractivity contribution in [2.75, 3.05) is 0 Å².